The number of carbonyl (C=O) groups excluding carboxylic acids is 3. The fraction of sp³-hybridized carbons (Fsp3) is 0.118. The van der Waals surface area contributed by atoms with E-state index in [0.29, 0.717) is 23.4 Å². The van der Waals surface area contributed by atoms with Gasteiger partial charge in [-0.1, -0.05) is 61.5 Å². The Kier molecular flexibility index (Phi) is 10.5. The molecule has 43 heavy (non-hydrogen) atoms. The number of amides is 3. The molecule has 0 saturated carbocycles. The third-order valence-corrected chi connectivity index (χ3v) is 7.79. The largest absolute Gasteiger partial charge is 0.478 e. The summed E-state index contributed by atoms with van der Waals surface area (Å²) in [5.41, 5.74) is 3.20. The molecule has 4 aromatic rings. The summed E-state index contributed by atoms with van der Waals surface area (Å²) < 4.78 is 0. The van der Waals surface area contributed by atoms with E-state index in [1.165, 1.54) is 23.9 Å². The molecule has 0 radical (unpaired) electrons. The van der Waals surface area contributed by atoms with Gasteiger partial charge in [0.2, 0.25) is 5.91 Å². The van der Waals surface area contributed by atoms with Gasteiger partial charge >= 0.3 is 5.97 Å². The summed E-state index contributed by atoms with van der Waals surface area (Å²) in [6.45, 7) is 3.80. The van der Waals surface area contributed by atoms with Crippen LogP contribution >= 0.6 is 11.8 Å². The molecule has 1 unspecified atom stereocenters. The van der Waals surface area contributed by atoms with Crippen molar-refractivity contribution in [3.05, 3.63) is 131 Å². The van der Waals surface area contributed by atoms with E-state index in [9.17, 15) is 24.3 Å². The predicted octanol–water partition coefficient (Wildman–Crippen LogP) is 6.61. The Morgan fingerprint density at radius 2 is 1.44 bits per heavy atom. The smallest absolute Gasteiger partial charge is 0.335 e. The molecule has 0 aliphatic rings. The van der Waals surface area contributed by atoms with Crippen molar-refractivity contribution in [2.24, 2.45) is 0 Å². The Hall–Kier alpha value is -5.15. The first kappa shape index (κ1) is 30.8. The average molecular weight is 594 g/mol. The third-order valence-electron chi connectivity index (χ3n) is 6.43. The lowest BCUT2D eigenvalue weighted by molar-refractivity contribution is -0.116. The summed E-state index contributed by atoms with van der Waals surface area (Å²) in [4.78, 5) is 51.4. The van der Waals surface area contributed by atoms with Gasteiger partial charge in [0.05, 0.1) is 10.8 Å². The van der Waals surface area contributed by atoms with E-state index in [4.69, 9.17) is 0 Å². The van der Waals surface area contributed by atoms with Crippen LogP contribution in [0.25, 0.3) is 6.08 Å². The fourth-order valence-corrected chi connectivity index (χ4v) is 5.14. The number of hydrogen-bond donors (Lipinski definition) is 4. The molecule has 1 atom stereocenters. The zero-order valence-electron chi connectivity index (χ0n) is 23.7. The van der Waals surface area contributed by atoms with Crippen LogP contribution in [0, 0.1) is 6.92 Å². The highest BCUT2D eigenvalue weighted by Crippen LogP contribution is 2.29. The van der Waals surface area contributed by atoms with Gasteiger partial charge in [-0.05, 0) is 79.1 Å². The van der Waals surface area contributed by atoms with Crippen LogP contribution in [0.5, 0.6) is 0 Å². The van der Waals surface area contributed by atoms with Gasteiger partial charge in [-0.15, -0.1) is 11.8 Å². The van der Waals surface area contributed by atoms with Gasteiger partial charge in [-0.3, -0.25) is 14.4 Å². The van der Waals surface area contributed by atoms with E-state index in [0.717, 1.165) is 16.0 Å². The first-order chi connectivity index (χ1) is 20.7. The summed E-state index contributed by atoms with van der Waals surface area (Å²) >= 11 is 1.32. The maximum Gasteiger partial charge on any atom is 0.335 e. The zero-order valence-corrected chi connectivity index (χ0v) is 24.5. The molecule has 4 rings (SSSR count). The summed E-state index contributed by atoms with van der Waals surface area (Å²) in [7, 11) is 0. The van der Waals surface area contributed by atoms with E-state index >= 15 is 0 Å². The second-order valence-corrected chi connectivity index (χ2v) is 10.9. The number of carboxylic acids is 1. The quantitative estimate of drug-likeness (QED) is 0.115. The lowest BCUT2D eigenvalue weighted by atomic mass is 10.1. The molecule has 4 N–H and O–H groups in total. The van der Waals surface area contributed by atoms with Gasteiger partial charge < -0.3 is 21.1 Å². The topological polar surface area (TPSA) is 125 Å². The number of thioether (sulfide) groups is 1. The SMILES string of the molecule is CCC(Sc1cccc(NC(=O)/C(=C/c2ccccc2C)NC(=O)c2ccccc2)c1)C(=O)Nc1cccc(C(=O)O)c1. The molecular formula is C34H31N3O5S. The highest BCUT2D eigenvalue weighted by atomic mass is 32.2. The standard InChI is InChI=1S/C34H31N3O5S/c1-3-30(33(40)36-26-16-9-15-25(19-26)34(41)42)43-28-18-10-17-27(21-28)35-32(39)29(20-24-14-8-7-11-22(24)2)37-31(38)23-12-5-4-6-13-23/h4-21,30H,3H2,1-2H3,(H,35,39)(H,36,40)(H,37,38)(H,41,42)/b29-20-. The second kappa shape index (κ2) is 14.7. The van der Waals surface area contributed by atoms with E-state index in [1.807, 2.05) is 50.2 Å². The lowest BCUT2D eigenvalue weighted by Gasteiger charge is -2.16. The first-order valence-corrected chi connectivity index (χ1v) is 14.5. The number of anilines is 2. The van der Waals surface area contributed by atoms with E-state index in [-0.39, 0.29) is 17.2 Å². The van der Waals surface area contributed by atoms with Crippen LogP contribution in [0.4, 0.5) is 11.4 Å². The normalized spacial score (nSPS) is 11.7. The summed E-state index contributed by atoms with van der Waals surface area (Å²) in [5.74, 6) is -2.26. The minimum Gasteiger partial charge on any atom is -0.478 e. The fourth-order valence-electron chi connectivity index (χ4n) is 4.13. The molecule has 0 spiro atoms. The monoisotopic (exact) mass is 593 g/mol. The summed E-state index contributed by atoms with van der Waals surface area (Å²) in [6, 6.07) is 29.4. The van der Waals surface area contributed by atoms with Gasteiger partial charge in [-0.25, -0.2) is 4.79 Å². The van der Waals surface area contributed by atoms with Gasteiger partial charge in [0.25, 0.3) is 11.8 Å². The van der Waals surface area contributed by atoms with Gasteiger partial charge in [0.15, 0.2) is 0 Å². The lowest BCUT2D eigenvalue weighted by Crippen LogP contribution is -2.30. The molecular weight excluding hydrogens is 562 g/mol. The zero-order chi connectivity index (χ0) is 30.8. The van der Waals surface area contributed by atoms with Crippen LogP contribution < -0.4 is 16.0 Å². The van der Waals surface area contributed by atoms with Crippen molar-refractivity contribution in [2.75, 3.05) is 10.6 Å². The number of carbonyl (C=O) groups is 4. The van der Waals surface area contributed by atoms with Crippen LogP contribution in [0.1, 0.15) is 45.2 Å². The minimum atomic E-state index is -1.08. The molecule has 9 heteroatoms. The molecule has 8 nitrogen and oxygen atoms in total. The van der Waals surface area contributed by atoms with Crippen molar-refractivity contribution < 1.29 is 24.3 Å². The van der Waals surface area contributed by atoms with Crippen molar-refractivity contribution in [1.29, 1.82) is 0 Å². The van der Waals surface area contributed by atoms with Crippen LogP contribution in [-0.4, -0.2) is 34.0 Å². The Morgan fingerprint density at radius 3 is 2.14 bits per heavy atom. The van der Waals surface area contributed by atoms with Crippen LogP contribution in [0.3, 0.4) is 0 Å². The number of nitrogens with one attached hydrogen (secondary N) is 3. The molecule has 4 aromatic carbocycles. The predicted molar refractivity (Wildman–Crippen MR) is 170 cm³/mol. The van der Waals surface area contributed by atoms with Crippen molar-refractivity contribution in [1.82, 2.24) is 5.32 Å². The Labute approximate surface area is 254 Å². The number of hydrogen-bond acceptors (Lipinski definition) is 5. The maximum absolute atomic E-state index is 13.5. The van der Waals surface area contributed by atoms with Gasteiger partial charge in [0, 0.05) is 21.8 Å². The van der Waals surface area contributed by atoms with Gasteiger partial charge in [0.1, 0.15) is 5.70 Å². The van der Waals surface area contributed by atoms with Crippen molar-refractivity contribution in [2.45, 2.75) is 30.4 Å². The van der Waals surface area contributed by atoms with Crippen LogP contribution in [0.2, 0.25) is 0 Å². The molecule has 0 saturated heterocycles. The Bertz CT molecular complexity index is 1670. The van der Waals surface area contributed by atoms with E-state index < -0.39 is 23.0 Å². The Morgan fingerprint density at radius 1 is 0.791 bits per heavy atom. The minimum absolute atomic E-state index is 0.0793. The van der Waals surface area contributed by atoms with E-state index in [1.54, 1.807) is 60.7 Å². The van der Waals surface area contributed by atoms with E-state index in [2.05, 4.69) is 16.0 Å². The summed E-state index contributed by atoms with van der Waals surface area (Å²) in [6.07, 6.45) is 2.15. The van der Waals surface area contributed by atoms with Crippen LogP contribution in [-0.2, 0) is 9.59 Å². The first-order valence-electron chi connectivity index (χ1n) is 13.6. The molecule has 0 bridgehead atoms. The number of benzene rings is 4. The number of aromatic carboxylic acids is 1. The maximum atomic E-state index is 13.5. The molecule has 3 amide bonds. The highest BCUT2D eigenvalue weighted by molar-refractivity contribution is 8.00. The third kappa shape index (κ3) is 8.67. The van der Waals surface area contributed by atoms with Crippen molar-refractivity contribution in [3.8, 4) is 0 Å². The number of rotatable bonds is 11. The van der Waals surface area contributed by atoms with Gasteiger partial charge in [-0.2, -0.15) is 0 Å². The number of carboxylic acid groups (broad SMARTS) is 1. The molecule has 0 aliphatic heterocycles. The average Bonchev–Trinajstić information content (AvgIpc) is 3.01. The molecule has 0 heterocycles. The molecule has 218 valence electrons. The van der Waals surface area contributed by atoms with Crippen LogP contribution in [0.15, 0.2) is 114 Å². The molecule has 0 aliphatic carbocycles. The van der Waals surface area contributed by atoms with Crippen molar-refractivity contribution in [3.63, 3.8) is 0 Å². The Balaban J connectivity index is 1.50. The van der Waals surface area contributed by atoms with Crippen molar-refractivity contribution >= 4 is 52.9 Å². The number of aryl methyl sites for hydroxylation is 1. The molecule has 0 aromatic heterocycles. The second-order valence-electron chi connectivity index (χ2n) is 9.61. The highest BCUT2D eigenvalue weighted by Gasteiger charge is 2.20. The summed E-state index contributed by atoms with van der Waals surface area (Å²) in [5, 5.41) is 17.2. The molecule has 0 fully saturated rings.